The minimum Gasteiger partial charge on any atom is -0.459 e. The number of hydrogen-bond acceptors (Lipinski definition) is 4. The predicted octanol–water partition coefficient (Wildman–Crippen LogP) is 2.18. The van der Waals surface area contributed by atoms with Crippen molar-refractivity contribution in [2.24, 2.45) is 0 Å². The molecular formula is C13H15N3O2. The molecule has 1 amide bonds. The Morgan fingerprint density at radius 3 is 2.72 bits per heavy atom. The third-order valence-corrected chi connectivity index (χ3v) is 2.50. The van der Waals surface area contributed by atoms with Crippen molar-refractivity contribution in [3.63, 3.8) is 0 Å². The smallest absolute Gasteiger partial charge is 0.291 e. The first-order valence-corrected chi connectivity index (χ1v) is 5.49. The van der Waals surface area contributed by atoms with E-state index in [2.05, 4.69) is 5.32 Å². The van der Waals surface area contributed by atoms with Gasteiger partial charge >= 0.3 is 0 Å². The van der Waals surface area contributed by atoms with Crippen LogP contribution in [0, 0.1) is 0 Å². The number of carbonyl (C=O) groups is 1. The van der Waals surface area contributed by atoms with E-state index in [1.165, 1.54) is 6.26 Å². The van der Waals surface area contributed by atoms with Gasteiger partial charge in [0.15, 0.2) is 5.76 Å². The number of nitrogens with two attached hydrogens (primary N) is 1. The average molecular weight is 245 g/mol. The normalized spacial score (nSPS) is 10.1. The van der Waals surface area contributed by atoms with Gasteiger partial charge in [-0.05, 0) is 30.3 Å². The number of nitrogens with zero attached hydrogens (tertiary/aromatic N) is 1. The van der Waals surface area contributed by atoms with Crippen molar-refractivity contribution in [3.8, 4) is 0 Å². The van der Waals surface area contributed by atoms with Crippen molar-refractivity contribution in [1.29, 1.82) is 0 Å². The Hall–Kier alpha value is -2.43. The minimum atomic E-state index is -0.297. The maximum Gasteiger partial charge on any atom is 0.291 e. The van der Waals surface area contributed by atoms with E-state index in [4.69, 9.17) is 10.2 Å². The molecule has 0 aliphatic carbocycles. The number of rotatable bonds is 3. The number of nitrogen functional groups attached to an aromatic ring is 1. The number of benzene rings is 1. The van der Waals surface area contributed by atoms with Crippen molar-refractivity contribution in [3.05, 3.63) is 42.4 Å². The molecule has 5 heteroatoms. The third-order valence-electron chi connectivity index (χ3n) is 2.50. The van der Waals surface area contributed by atoms with Gasteiger partial charge in [-0.3, -0.25) is 4.79 Å². The summed E-state index contributed by atoms with van der Waals surface area (Å²) in [5.41, 5.74) is 7.85. The molecule has 0 aliphatic rings. The van der Waals surface area contributed by atoms with Crippen LogP contribution in [-0.2, 0) is 0 Å². The molecule has 0 spiro atoms. The summed E-state index contributed by atoms with van der Waals surface area (Å²) in [5.74, 6) is -0.0316. The maximum atomic E-state index is 11.9. The van der Waals surface area contributed by atoms with Gasteiger partial charge in [0, 0.05) is 19.8 Å². The van der Waals surface area contributed by atoms with Crippen LogP contribution in [-0.4, -0.2) is 20.0 Å². The summed E-state index contributed by atoms with van der Waals surface area (Å²) in [6.07, 6.45) is 1.46. The van der Waals surface area contributed by atoms with Gasteiger partial charge in [-0.25, -0.2) is 0 Å². The fourth-order valence-electron chi connectivity index (χ4n) is 1.64. The molecule has 2 rings (SSSR count). The molecule has 0 atom stereocenters. The maximum absolute atomic E-state index is 11.9. The van der Waals surface area contributed by atoms with Gasteiger partial charge < -0.3 is 20.4 Å². The molecule has 0 unspecified atom stereocenters. The van der Waals surface area contributed by atoms with Crippen LogP contribution < -0.4 is 16.0 Å². The molecule has 3 N–H and O–H groups in total. The van der Waals surface area contributed by atoms with Gasteiger partial charge in [-0.1, -0.05) is 0 Å². The van der Waals surface area contributed by atoms with Crippen LogP contribution in [0.5, 0.6) is 0 Å². The van der Waals surface area contributed by atoms with Crippen molar-refractivity contribution < 1.29 is 9.21 Å². The second-order valence-electron chi connectivity index (χ2n) is 4.10. The van der Waals surface area contributed by atoms with E-state index >= 15 is 0 Å². The van der Waals surface area contributed by atoms with Crippen LogP contribution in [0.4, 0.5) is 17.1 Å². The standard InChI is InChI=1S/C13H15N3O2/c1-16(2)11-6-5-9(14)8-10(11)15-13(17)12-4-3-7-18-12/h3-8H,14H2,1-2H3,(H,15,17). The molecule has 18 heavy (non-hydrogen) atoms. The summed E-state index contributed by atoms with van der Waals surface area (Å²) >= 11 is 0. The van der Waals surface area contributed by atoms with E-state index in [-0.39, 0.29) is 11.7 Å². The summed E-state index contributed by atoms with van der Waals surface area (Å²) in [6.45, 7) is 0. The molecule has 0 saturated carbocycles. The molecule has 0 aliphatic heterocycles. The molecule has 1 aromatic carbocycles. The molecule has 0 saturated heterocycles. The summed E-state index contributed by atoms with van der Waals surface area (Å²) in [6, 6.07) is 8.64. The molecule has 0 fully saturated rings. The Labute approximate surface area is 105 Å². The zero-order chi connectivity index (χ0) is 13.1. The lowest BCUT2D eigenvalue weighted by molar-refractivity contribution is 0.0996. The van der Waals surface area contributed by atoms with Crippen molar-refractivity contribution in [2.45, 2.75) is 0 Å². The van der Waals surface area contributed by atoms with Crippen molar-refractivity contribution in [2.75, 3.05) is 30.0 Å². The molecule has 0 radical (unpaired) electrons. The van der Waals surface area contributed by atoms with E-state index in [9.17, 15) is 4.79 Å². The lowest BCUT2D eigenvalue weighted by atomic mass is 10.2. The second-order valence-corrected chi connectivity index (χ2v) is 4.10. The molecule has 0 bridgehead atoms. The van der Waals surface area contributed by atoms with Crippen LogP contribution >= 0.6 is 0 Å². The summed E-state index contributed by atoms with van der Waals surface area (Å²) in [5, 5.41) is 2.78. The van der Waals surface area contributed by atoms with Crippen molar-refractivity contribution >= 4 is 23.0 Å². The molecule has 94 valence electrons. The fraction of sp³-hybridized carbons (Fsp3) is 0.154. The quantitative estimate of drug-likeness (QED) is 0.813. The third kappa shape index (κ3) is 2.45. The summed E-state index contributed by atoms with van der Waals surface area (Å²) < 4.78 is 5.04. The SMILES string of the molecule is CN(C)c1ccc(N)cc1NC(=O)c1ccco1. The first-order valence-electron chi connectivity index (χ1n) is 5.49. The largest absolute Gasteiger partial charge is 0.459 e. The van der Waals surface area contributed by atoms with E-state index < -0.39 is 0 Å². The highest BCUT2D eigenvalue weighted by atomic mass is 16.3. The number of anilines is 3. The Balaban J connectivity index is 2.28. The monoisotopic (exact) mass is 245 g/mol. The Bertz CT molecular complexity index is 547. The van der Waals surface area contributed by atoms with Crippen molar-refractivity contribution in [1.82, 2.24) is 0 Å². The Morgan fingerprint density at radius 2 is 2.11 bits per heavy atom. The highest BCUT2D eigenvalue weighted by Crippen LogP contribution is 2.27. The summed E-state index contributed by atoms with van der Waals surface area (Å²) in [4.78, 5) is 13.8. The van der Waals surface area contributed by atoms with E-state index in [1.807, 2.05) is 25.1 Å². The average Bonchev–Trinajstić information content (AvgIpc) is 2.81. The number of amides is 1. The van der Waals surface area contributed by atoms with Gasteiger partial charge in [0.1, 0.15) is 0 Å². The molecule has 1 heterocycles. The lowest BCUT2D eigenvalue weighted by Crippen LogP contribution is -2.16. The van der Waals surface area contributed by atoms with Crippen LogP contribution in [0.15, 0.2) is 41.0 Å². The van der Waals surface area contributed by atoms with Gasteiger partial charge in [0.05, 0.1) is 17.6 Å². The van der Waals surface area contributed by atoms with Crippen LogP contribution in [0.25, 0.3) is 0 Å². The van der Waals surface area contributed by atoms with E-state index in [0.29, 0.717) is 11.4 Å². The minimum absolute atomic E-state index is 0.266. The fourth-order valence-corrected chi connectivity index (χ4v) is 1.64. The number of furan rings is 1. The van der Waals surface area contributed by atoms with E-state index in [1.54, 1.807) is 24.3 Å². The van der Waals surface area contributed by atoms with E-state index in [0.717, 1.165) is 5.69 Å². The van der Waals surface area contributed by atoms with Gasteiger partial charge in [0.25, 0.3) is 5.91 Å². The van der Waals surface area contributed by atoms with Crippen LogP contribution in [0.3, 0.4) is 0 Å². The number of nitrogens with one attached hydrogen (secondary N) is 1. The topological polar surface area (TPSA) is 71.5 Å². The Morgan fingerprint density at radius 1 is 1.33 bits per heavy atom. The zero-order valence-electron chi connectivity index (χ0n) is 10.3. The number of hydrogen-bond donors (Lipinski definition) is 2. The Kier molecular flexibility index (Phi) is 3.23. The lowest BCUT2D eigenvalue weighted by Gasteiger charge is -2.18. The molecule has 5 nitrogen and oxygen atoms in total. The number of carbonyl (C=O) groups excluding carboxylic acids is 1. The highest BCUT2D eigenvalue weighted by Gasteiger charge is 2.12. The molecule has 2 aromatic rings. The first kappa shape index (κ1) is 12.0. The molecular weight excluding hydrogens is 230 g/mol. The van der Waals surface area contributed by atoms with Crippen LogP contribution in [0.2, 0.25) is 0 Å². The van der Waals surface area contributed by atoms with Crippen LogP contribution in [0.1, 0.15) is 10.6 Å². The second kappa shape index (κ2) is 4.83. The zero-order valence-corrected chi connectivity index (χ0v) is 10.3. The van der Waals surface area contributed by atoms with Gasteiger partial charge in [0.2, 0.25) is 0 Å². The van der Waals surface area contributed by atoms with Gasteiger partial charge in [-0.2, -0.15) is 0 Å². The first-order chi connectivity index (χ1) is 8.58. The summed E-state index contributed by atoms with van der Waals surface area (Å²) in [7, 11) is 3.79. The molecule has 1 aromatic heterocycles. The predicted molar refractivity (Wildman–Crippen MR) is 71.8 cm³/mol. The highest BCUT2D eigenvalue weighted by molar-refractivity contribution is 6.04. The van der Waals surface area contributed by atoms with Gasteiger partial charge in [-0.15, -0.1) is 0 Å².